The van der Waals surface area contributed by atoms with Gasteiger partial charge < -0.3 is 10.4 Å². The first-order valence-electron chi connectivity index (χ1n) is 7.89. The molecular formula is C19H18F3NO3. The third-order valence-electron chi connectivity index (χ3n) is 4.22. The lowest BCUT2D eigenvalue weighted by atomic mass is 9.90. The zero-order chi connectivity index (χ0) is 19.5. The number of amides is 1. The van der Waals surface area contributed by atoms with E-state index in [1.165, 1.54) is 25.1 Å². The van der Waals surface area contributed by atoms with Crippen molar-refractivity contribution in [2.24, 2.45) is 0 Å². The monoisotopic (exact) mass is 365 g/mol. The number of benzene rings is 2. The third-order valence-corrected chi connectivity index (χ3v) is 4.22. The fraction of sp³-hybridized carbons (Fsp3) is 0.263. The van der Waals surface area contributed by atoms with Gasteiger partial charge in [0.2, 0.25) is 5.91 Å². The first-order valence-corrected chi connectivity index (χ1v) is 7.89. The van der Waals surface area contributed by atoms with Crippen LogP contribution in [0.3, 0.4) is 0 Å². The van der Waals surface area contributed by atoms with Crippen LogP contribution in [0.25, 0.3) is 0 Å². The van der Waals surface area contributed by atoms with Gasteiger partial charge in [-0.25, -0.2) is 18.0 Å². The SMILES string of the molecule is CC(CC(=O)NC(C)(C(=O)O)c1ccc(F)cc1)c1ccc(F)cc1F. The van der Waals surface area contributed by atoms with Gasteiger partial charge in [0.05, 0.1) is 0 Å². The Morgan fingerprint density at radius 3 is 2.19 bits per heavy atom. The number of hydrogen-bond donors (Lipinski definition) is 2. The summed E-state index contributed by atoms with van der Waals surface area (Å²) in [5.41, 5.74) is -1.42. The predicted octanol–water partition coefficient (Wildman–Crippen LogP) is 3.71. The minimum Gasteiger partial charge on any atom is -0.479 e. The number of nitrogens with one attached hydrogen (secondary N) is 1. The van der Waals surface area contributed by atoms with Crippen LogP contribution in [0.5, 0.6) is 0 Å². The molecule has 0 spiro atoms. The third kappa shape index (κ3) is 4.22. The molecule has 0 saturated heterocycles. The van der Waals surface area contributed by atoms with Crippen molar-refractivity contribution in [1.82, 2.24) is 5.32 Å². The van der Waals surface area contributed by atoms with Gasteiger partial charge in [-0.2, -0.15) is 0 Å². The number of aliphatic carboxylic acids is 1. The van der Waals surface area contributed by atoms with Crippen LogP contribution in [0.1, 0.15) is 37.3 Å². The maximum absolute atomic E-state index is 13.8. The number of rotatable bonds is 6. The highest BCUT2D eigenvalue weighted by Gasteiger charge is 2.37. The fourth-order valence-corrected chi connectivity index (χ4v) is 2.65. The minimum atomic E-state index is -1.77. The summed E-state index contributed by atoms with van der Waals surface area (Å²) in [5.74, 6) is -4.58. The number of carbonyl (C=O) groups is 2. The highest BCUT2D eigenvalue weighted by molar-refractivity contribution is 5.88. The maximum Gasteiger partial charge on any atom is 0.333 e. The summed E-state index contributed by atoms with van der Waals surface area (Å²) in [5, 5.41) is 11.9. The molecule has 0 saturated carbocycles. The lowest BCUT2D eigenvalue weighted by Gasteiger charge is -2.27. The van der Waals surface area contributed by atoms with E-state index in [0.29, 0.717) is 0 Å². The van der Waals surface area contributed by atoms with E-state index in [2.05, 4.69) is 5.32 Å². The molecule has 2 rings (SSSR count). The molecule has 0 bridgehead atoms. The molecule has 0 aliphatic heterocycles. The molecular weight excluding hydrogens is 347 g/mol. The molecule has 7 heteroatoms. The molecule has 2 aromatic carbocycles. The van der Waals surface area contributed by atoms with E-state index >= 15 is 0 Å². The summed E-state index contributed by atoms with van der Waals surface area (Å²) in [7, 11) is 0. The largest absolute Gasteiger partial charge is 0.479 e. The van der Waals surface area contributed by atoms with Crippen LogP contribution >= 0.6 is 0 Å². The Morgan fingerprint density at radius 2 is 1.65 bits per heavy atom. The lowest BCUT2D eigenvalue weighted by molar-refractivity contribution is -0.147. The molecule has 2 atom stereocenters. The molecule has 1 amide bonds. The molecule has 0 heterocycles. The van der Waals surface area contributed by atoms with Crippen LogP contribution in [0.15, 0.2) is 42.5 Å². The summed E-state index contributed by atoms with van der Waals surface area (Å²) < 4.78 is 39.9. The van der Waals surface area contributed by atoms with Crippen LogP contribution in [0.2, 0.25) is 0 Å². The van der Waals surface area contributed by atoms with Crippen molar-refractivity contribution in [1.29, 1.82) is 0 Å². The summed E-state index contributed by atoms with van der Waals surface area (Å²) in [6.07, 6.45) is -0.202. The molecule has 26 heavy (non-hydrogen) atoms. The normalized spacial score (nSPS) is 14.3. The Labute approximate surface area is 148 Å². The van der Waals surface area contributed by atoms with Crippen LogP contribution in [0.4, 0.5) is 13.2 Å². The van der Waals surface area contributed by atoms with Crippen molar-refractivity contribution in [3.05, 3.63) is 71.0 Å². The van der Waals surface area contributed by atoms with Crippen molar-refractivity contribution in [3.63, 3.8) is 0 Å². The van der Waals surface area contributed by atoms with Gasteiger partial charge in [-0.3, -0.25) is 4.79 Å². The zero-order valence-electron chi connectivity index (χ0n) is 14.2. The van der Waals surface area contributed by atoms with E-state index in [0.717, 1.165) is 24.3 Å². The van der Waals surface area contributed by atoms with E-state index < -0.39 is 40.8 Å². The van der Waals surface area contributed by atoms with E-state index in [-0.39, 0.29) is 17.5 Å². The summed E-state index contributed by atoms with van der Waals surface area (Å²) in [4.78, 5) is 24.0. The van der Waals surface area contributed by atoms with E-state index in [4.69, 9.17) is 0 Å². The highest BCUT2D eigenvalue weighted by atomic mass is 19.1. The predicted molar refractivity (Wildman–Crippen MR) is 88.9 cm³/mol. The molecule has 0 aliphatic carbocycles. The number of carboxylic acids is 1. The van der Waals surface area contributed by atoms with Crippen LogP contribution in [-0.4, -0.2) is 17.0 Å². The van der Waals surface area contributed by atoms with Crippen LogP contribution in [-0.2, 0) is 15.1 Å². The van der Waals surface area contributed by atoms with E-state index in [1.807, 2.05) is 0 Å². The standard InChI is InChI=1S/C19H18F3NO3/c1-11(15-8-7-14(21)10-16(15)22)9-17(24)23-19(2,18(25)26)12-3-5-13(20)6-4-12/h3-8,10-11H,9H2,1-2H3,(H,23,24)(H,25,26). The van der Waals surface area contributed by atoms with Gasteiger partial charge in [0.15, 0.2) is 5.54 Å². The molecule has 2 unspecified atom stereocenters. The second-order valence-corrected chi connectivity index (χ2v) is 6.26. The molecule has 0 radical (unpaired) electrons. The van der Waals surface area contributed by atoms with Gasteiger partial charge in [0.1, 0.15) is 17.5 Å². The van der Waals surface area contributed by atoms with Gasteiger partial charge in [0, 0.05) is 12.5 Å². The topological polar surface area (TPSA) is 66.4 Å². The van der Waals surface area contributed by atoms with E-state index in [1.54, 1.807) is 6.92 Å². The molecule has 0 fully saturated rings. The van der Waals surface area contributed by atoms with E-state index in [9.17, 15) is 27.9 Å². The Balaban J connectivity index is 2.17. The van der Waals surface area contributed by atoms with Crippen molar-refractivity contribution >= 4 is 11.9 Å². The average Bonchev–Trinajstić information content (AvgIpc) is 2.54. The smallest absolute Gasteiger partial charge is 0.333 e. The lowest BCUT2D eigenvalue weighted by Crippen LogP contribution is -2.49. The molecule has 2 aromatic rings. The zero-order valence-corrected chi connectivity index (χ0v) is 14.2. The summed E-state index contributed by atoms with van der Waals surface area (Å²) >= 11 is 0. The Kier molecular flexibility index (Phi) is 5.69. The second-order valence-electron chi connectivity index (χ2n) is 6.26. The van der Waals surface area contributed by atoms with Crippen molar-refractivity contribution < 1.29 is 27.9 Å². The van der Waals surface area contributed by atoms with Crippen LogP contribution in [0, 0.1) is 17.5 Å². The summed E-state index contributed by atoms with van der Waals surface area (Å²) in [6.45, 7) is 2.86. The fourth-order valence-electron chi connectivity index (χ4n) is 2.65. The Bertz CT molecular complexity index is 823. The number of carbonyl (C=O) groups excluding carboxylic acids is 1. The Hall–Kier alpha value is -2.83. The molecule has 4 nitrogen and oxygen atoms in total. The quantitative estimate of drug-likeness (QED) is 0.820. The maximum atomic E-state index is 13.8. The first kappa shape index (κ1) is 19.5. The van der Waals surface area contributed by atoms with Gasteiger partial charge in [-0.15, -0.1) is 0 Å². The number of halogens is 3. The molecule has 0 aromatic heterocycles. The number of hydrogen-bond acceptors (Lipinski definition) is 2. The first-order chi connectivity index (χ1) is 12.1. The molecule has 138 valence electrons. The average molecular weight is 365 g/mol. The van der Waals surface area contributed by atoms with Crippen molar-refractivity contribution in [2.45, 2.75) is 31.7 Å². The summed E-state index contributed by atoms with van der Waals surface area (Å²) in [6, 6.07) is 7.80. The van der Waals surface area contributed by atoms with Crippen molar-refractivity contribution in [2.75, 3.05) is 0 Å². The Morgan fingerprint density at radius 1 is 1.08 bits per heavy atom. The van der Waals surface area contributed by atoms with Gasteiger partial charge >= 0.3 is 5.97 Å². The molecule has 2 N–H and O–H groups in total. The second kappa shape index (κ2) is 7.59. The number of carboxylic acid groups (broad SMARTS) is 1. The highest BCUT2D eigenvalue weighted by Crippen LogP contribution is 2.25. The van der Waals surface area contributed by atoms with Gasteiger partial charge in [0.25, 0.3) is 0 Å². The van der Waals surface area contributed by atoms with Crippen molar-refractivity contribution in [3.8, 4) is 0 Å². The molecule has 0 aliphatic rings. The van der Waals surface area contributed by atoms with Crippen LogP contribution < -0.4 is 5.32 Å². The minimum absolute atomic E-state index is 0.153. The van der Waals surface area contributed by atoms with Gasteiger partial charge in [-0.1, -0.05) is 25.1 Å². The van der Waals surface area contributed by atoms with Gasteiger partial charge in [-0.05, 0) is 42.2 Å².